The Bertz CT molecular complexity index is 971. The molecule has 7 heteroatoms. The standard InChI is InChI=1S/C25H31BO6/c1-16(2)18-14-25(21(27)29-7,22(28)30-8)15-19(18)20(17-12-10-9-11-13-17)26-31-23(3,4)24(5,6)32-26/h9-14H,1,15H2,2-8H3/b20-19-. The zero-order valence-electron chi connectivity index (χ0n) is 19.9. The second-order valence-corrected chi connectivity index (χ2v) is 9.32. The smallest absolute Gasteiger partial charge is 0.468 e. The van der Waals surface area contributed by atoms with E-state index in [4.69, 9.17) is 18.8 Å². The average molecular weight is 438 g/mol. The second kappa shape index (κ2) is 8.37. The maximum absolute atomic E-state index is 12.9. The molecular weight excluding hydrogens is 407 g/mol. The van der Waals surface area contributed by atoms with Gasteiger partial charge in [0.2, 0.25) is 0 Å². The minimum absolute atomic E-state index is 0.0584. The molecule has 3 rings (SSSR count). The van der Waals surface area contributed by atoms with Gasteiger partial charge in [-0.05, 0) is 62.9 Å². The summed E-state index contributed by atoms with van der Waals surface area (Å²) in [6.07, 6.45) is 1.67. The topological polar surface area (TPSA) is 71.1 Å². The van der Waals surface area contributed by atoms with Gasteiger partial charge in [-0.25, -0.2) is 0 Å². The minimum atomic E-state index is -1.60. The van der Waals surface area contributed by atoms with Gasteiger partial charge in [0.15, 0.2) is 5.41 Å². The molecule has 1 aromatic carbocycles. The number of hydrogen-bond donors (Lipinski definition) is 0. The highest BCUT2D eigenvalue weighted by Gasteiger charge is 2.56. The third kappa shape index (κ3) is 3.84. The van der Waals surface area contributed by atoms with Crippen LogP contribution >= 0.6 is 0 Å². The van der Waals surface area contributed by atoms with E-state index in [9.17, 15) is 9.59 Å². The summed E-state index contributed by atoms with van der Waals surface area (Å²) in [6, 6.07) is 9.69. The maximum atomic E-state index is 12.9. The summed E-state index contributed by atoms with van der Waals surface area (Å²) < 4.78 is 22.8. The molecule has 6 nitrogen and oxygen atoms in total. The predicted octanol–water partition coefficient (Wildman–Crippen LogP) is 4.31. The number of allylic oxidation sites excluding steroid dienone is 3. The van der Waals surface area contributed by atoms with Crippen molar-refractivity contribution in [2.45, 2.75) is 52.2 Å². The van der Waals surface area contributed by atoms with Gasteiger partial charge >= 0.3 is 19.1 Å². The summed E-state index contributed by atoms with van der Waals surface area (Å²) in [5, 5.41) is 0. The summed E-state index contributed by atoms with van der Waals surface area (Å²) in [4.78, 5) is 25.7. The molecule has 2 aliphatic rings. The van der Waals surface area contributed by atoms with Crippen LogP contribution in [0.1, 0.15) is 46.6 Å². The molecule has 1 aliphatic heterocycles. The van der Waals surface area contributed by atoms with Crippen LogP contribution in [-0.2, 0) is 28.4 Å². The van der Waals surface area contributed by atoms with Crippen molar-refractivity contribution in [1.29, 1.82) is 0 Å². The Balaban J connectivity index is 2.29. The second-order valence-electron chi connectivity index (χ2n) is 9.32. The van der Waals surface area contributed by atoms with Gasteiger partial charge in [-0.15, -0.1) is 0 Å². The zero-order valence-corrected chi connectivity index (χ0v) is 19.9. The molecule has 0 amide bonds. The van der Waals surface area contributed by atoms with Gasteiger partial charge in [0.1, 0.15) is 0 Å². The number of ether oxygens (including phenoxy) is 2. The Hall–Kier alpha value is -2.64. The number of carbonyl (C=O) groups is 2. The third-order valence-electron chi connectivity index (χ3n) is 6.63. The van der Waals surface area contributed by atoms with Crippen molar-refractivity contribution in [1.82, 2.24) is 0 Å². The Morgan fingerprint density at radius 1 is 0.969 bits per heavy atom. The first-order chi connectivity index (χ1) is 14.9. The van der Waals surface area contributed by atoms with E-state index in [1.807, 2.05) is 65.0 Å². The first-order valence-electron chi connectivity index (χ1n) is 10.6. The van der Waals surface area contributed by atoms with Crippen molar-refractivity contribution in [3.8, 4) is 0 Å². The highest BCUT2D eigenvalue weighted by molar-refractivity contribution is 6.69. The lowest BCUT2D eigenvalue weighted by molar-refractivity contribution is -0.164. The Kier molecular flexibility index (Phi) is 6.28. The molecule has 0 bridgehead atoms. The zero-order chi connectivity index (χ0) is 23.9. The van der Waals surface area contributed by atoms with E-state index in [0.29, 0.717) is 11.1 Å². The molecule has 170 valence electrons. The number of benzene rings is 1. The Labute approximate surface area is 190 Å². The lowest BCUT2D eigenvalue weighted by Crippen LogP contribution is -2.41. The van der Waals surface area contributed by atoms with E-state index in [-0.39, 0.29) is 6.42 Å². The fourth-order valence-electron chi connectivity index (χ4n) is 4.12. The SMILES string of the molecule is C=C(C)C1=CC(C(=O)OC)(C(=O)OC)C/C1=C(/B1OC(C)(C)C(C)(C)O1)c1ccccc1. The highest BCUT2D eigenvalue weighted by Crippen LogP contribution is 2.49. The molecule has 0 saturated carbocycles. The van der Waals surface area contributed by atoms with E-state index >= 15 is 0 Å². The van der Waals surface area contributed by atoms with E-state index in [1.165, 1.54) is 14.2 Å². The molecular formula is C25H31BO6. The van der Waals surface area contributed by atoms with Crippen LogP contribution in [0.25, 0.3) is 5.47 Å². The van der Waals surface area contributed by atoms with E-state index < -0.39 is 35.7 Å². The van der Waals surface area contributed by atoms with Crippen LogP contribution in [0.5, 0.6) is 0 Å². The minimum Gasteiger partial charge on any atom is -0.468 e. The number of hydrogen-bond acceptors (Lipinski definition) is 6. The van der Waals surface area contributed by atoms with Crippen molar-refractivity contribution in [2.75, 3.05) is 14.2 Å². The maximum Gasteiger partial charge on any atom is 0.495 e. The van der Waals surface area contributed by atoms with Crippen LogP contribution in [0.4, 0.5) is 0 Å². The van der Waals surface area contributed by atoms with Crippen molar-refractivity contribution in [3.63, 3.8) is 0 Å². The van der Waals surface area contributed by atoms with Gasteiger partial charge in [-0.2, -0.15) is 0 Å². The molecule has 0 aromatic heterocycles. The summed E-state index contributed by atoms with van der Waals surface area (Å²) >= 11 is 0. The molecule has 32 heavy (non-hydrogen) atoms. The fraction of sp³-hybridized carbons (Fsp3) is 0.440. The van der Waals surface area contributed by atoms with Crippen molar-refractivity contribution >= 4 is 24.5 Å². The Morgan fingerprint density at radius 2 is 1.47 bits per heavy atom. The largest absolute Gasteiger partial charge is 0.495 e. The van der Waals surface area contributed by atoms with Crippen LogP contribution in [0.2, 0.25) is 0 Å². The average Bonchev–Trinajstić information content (AvgIpc) is 3.23. The third-order valence-corrected chi connectivity index (χ3v) is 6.63. The first kappa shape index (κ1) is 24.0. The highest BCUT2D eigenvalue weighted by atomic mass is 16.7. The van der Waals surface area contributed by atoms with Gasteiger partial charge in [0.25, 0.3) is 0 Å². The molecule has 0 atom stereocenters. The number of methoxy groups -OCH3 is 2. The van der Waals surface area contributed by atoms with Gasteiger partial charge in [-0.3, -0.25) is 9.59 Å². The van der Waals surface area contributed by atoms with Crippen molar-refractivity contribution in [3.05, 3.63) is 65.3 Å². The van der Waals surface area contributed by atoms with Crippen molar-refractivity contribution in [2.24, 2.45) is 5.41 Å². The summed E-state index contributed by atoms with van der Waals surface area (Å²) in [6.45, 7) is 13.9. The van der Waals surface area contributed by atoms with Crippen LogP contribution < -0.4 is 0 Å². The molecule has 1 heterocycles. The molecule has 0 spiro atoms. The predicted molar refractivity (Wildman–Crippen MR) is 123 cm³/mol. The van der Waals surface area contributed by atoms with Crippen LogP contribution in [0, 0.1) is 5.41 Å². The number of esters is 2. The summed E-state index contributed by atoms with van der Waals surface area (Å²) in [5.74, 6) is -1.36. The molecule has 1 fully saturated rings. The molecule has 1 aromatic rings. The number of carbonyl (C=O) groups excluding carboxylic acids is 2. The van der Waals surface area contributed by atoms with Gasteiger partial charge < -0.3 is 18.8 Å². The molecule has 1 aliphatic carbocycles. The molecule has 0 N–H and O–H groups in total. The number of rotatable bonds is 5. The van der Waals surface area contributed by atoms with Crippen molar-refractivity contribution < 1.29 is 28.4 Å². The molecule has 0 unspecified atom stereocenters. The summed E-state index contributed by atoms with van der Waals surface area (Å²) in [7, 11) is 1.82. The molecule has 0 radical (unpaired) electrons. The van der Waals surface area contributed by atoms with Crippen LogP contribution in [-0.4, -0.2) is 44.5 Å². The molecule has 1 saturated heterocycles. The fourth-order valence-corrected chi connectivity index (χ4v) is 4.12. The monoisotopic (exact) mass is 438 g/mol. The van der Waals surface area contributed by atoms with Gasteiger partial charge in [-0.1, -0.05) is 42.5 Å². The van der Waals surface area contributed by atoms with Crippen LogP contribution in [0.3, 0.4) is 0 Å². The van der Waals surface area contributed by atoms with Gasteiger partial charge in [0, 0.05) is 6.42 Å². The summed E-state index contributed by atoms with van der Waals surface area (Å²) in [5.41, 5.74) is 1.05. The lowest BCUT2D eigenvalue weighted by Gasteiger charge is -2.32. The van der Waals surface area contributed by atoms with Crippen LogP contribution in [0.15, 0.2) is 59.7 Å². The normalized spacial score (nSPS) is 22.2. The van der Waals surface area contributed by atoms with E-state index in [1.54, 1.807) is 6.08 Å². The van der Waals surface area contributed by atoms with E-state index in [0.717, 1.165) is 16.6 Å². The lowest BCUT2D eigenvalue weighted by atomic mass is 9.69. The quantitative estimate of drug-likeness (QED) is 0.388. The Morgan fingerprint density at radius 3 is 1.91 bits per heavy atom. The first-order valence-corrected chi connectivity index (χ1v) is 10.6. The van der Waals surface area contributed by atoms with E-state index in [2.05, 4.69) is 6.58 Å². The van der Waals surface area contributed by atoms with Gasteiger partial charge in [0.05, 0.1) is 25.4 Å².